The van der Waals surface area contributed by atoms with Crippen molar-refractivity contribution in [2.24, 2.45) is 0 Å². The molecule has 5 heteroatoms. The minimum Gasteiger partial charge on any atom is -0.496 e. The van der Waals surface area contributed by atoms with Crippen LogP contribution >= 0.6 is 0 Å². The van der Waals surface area contributed by atoms with Gasteiger partial charge in [0.2, 0.25) is 0 Å². The van der Waals surface area contributed by atoms with Gasteiger partial charge in [0.1, 0.15) is 18.0 Å². The van der Waals surface area contributed by atoms with Gasteiger partial charge in [-0.25, -0.2) is 0 Å². The fraction of sp³-hybridized carbons (Fsp3) is 0.455. The summed E-state index contributed by atoms with van der Waals surface area (Å²) < 4.78 is 5.03. The predicted octanol–water partition coefficient (Wildman–Crippen LogP) is -0.426. The second-order valence-corrected chi connectivity index (χ2v) is 3.43. The maximum Gasteiger partial charge on any atom is 0.124 e. The van der Waals surface area contributed by atoms with Crippen LogP contribution < -0.4 is 4.74 Å². The summed E-state index contributed by atoms with van der Waals surface area (Å²) in [7, 11) is 1.44. The number of benzene rings is 1. The SMILES string of the molecule is COc1ccc(CO)cc1C(O)C(O)CO. The monoisotopic (exact) mass is 228 g/mol. The van der Waals surface area contributed by atoms with E-state index in [4.69, 9.17) is 14.9 Å². The van der Waals surface area contributed by atoms with Crippen LogP contribution in [0.5, 0.6) is 5.75 Å². The molecule has 0 bridgehead atoms. The fourth-order valence-corrected chi connectivity index (χ4v) is 1.42. The van der Waals surface area contributed by atoms with Crippen LogP contribution in [-0.2, 0) is 6.61 Å². The maximum atomic E-state index is 9.75. The van der Waals surface area contributed by atoms with E-state index in [0.717, 1.165) is 0 Å². The molecule has 2 unspecified atom stereocenters. The Morgan fingerprint density at radius 3 is 2.44 bits per heavy atom. The Labute approximate surface area is 93.5 Å². The lowest BCUT2D eigenvalue weighted by Gasteiger charge is -2.19. The van der Waals surface area contributed by atoms with Gasteiger partial charge in [0.25, 0.3) is 0 Å². The molecule has 0 aromatic heterocycles. The molecule has 90 valence electrons. The Balaban J connectivity index is 3.07. The van der Waals surface area contributed by atoms with Gasteiger partial charge in [-0.05, 0) is 17.7 Å². The Bertz CT molecular complexity index is 339. The average molecular weight is 228 g/mol. The van der Waals surface area contributed by atoms with Gasteiger partial charge in [0, 0.05) is 5.56 Å². The number of aliphatic hydroxyl groups is 4. The first-order chi connectivity index (χ1) is 7.63. The number of rotatable bonds is 5. The molecule has 0 aliphatic rings. The van der Waals surface area contributed by atoms with E-state index in [2.05, 4.69) is 0 Å². The van der Waals surface area contributed by atoms with Gasteiger partial charge in [-0.3, -0.25) is 0 Å². The number of hydrogen-bond acceptors (Lipinski definition) is 5. The summed E-state index contributed by atoms with van der Waals surface area (Å²) in [5.41, 5.74) is 0.940. The molecular weight excluding hydrogens is 212 g/mol. The Kier molecular flexibility index (Phi) is 4.70. The molecular formula is C11H16O5. The van der Waals surface area contributed by atoms with Crippen LogP contribution in [0.2, 0.25) is 0 Å². The van der Waals surface area contributed by atoms with Gasteiger partial charge in [0.05, 0.1) is 20.3 Å². The van der Waals surface area contributed by atoms with Crippen molar-refractivity contribution in [2.45, 2.75) is 18.8 Å². The van der Waals surface area contributed by atoms with Crippen LogP contribution in [-0.4, -0.2) is 40.2 Å². The summed E-state index contributed by atoms with van der Waals surface area (Å²) in [6, 6.07) is 4.77. The van der Waals surface area contributed by atoms with Crippen LogP contribution in [0.15, 0.2) is 18.2 Å². The van der Waals surface area contributed by atoms with Gasteiger partial charge in [-0.15, -0.1) is 0 Å². The fourth-order valence-electron chi connectivity index (χ4n) is 1.42. The third-order valence-electron chi connectivity index (χ3n) is 2.35. The van der Waals surface area contributed by atoms with Crippen molar-refractivity contribution in [1.82, 2.24) is 0 Å². The van der Waals surface area contributed by atoms with Crippen molar-refractivity contribution in [1.29, 1.82) is 0 Å². The molecule has 5 nitrogen and oxygen atoms in total. The minimum absolute atomic E-state index is 0.168. The molecule has 0 spiro atoms. The second kappa shape index (κ2) is 5.81. The summed E-state index contributed by atoms with van der Waals surface area (Å²) in [6.07, 6.45) is -2.52. The van der Waals surface area contributed by atoms with Crippen molar-refractivity contribution in [3.63, 3.8) is 0 Å². The van der Waals surface area contributed by atoms with Crippen LogP contribution in [0, 0.1) is 0 Å². The normalized spacial score (nSPS) is 14.6. The van der Waals surface area contributed by atoms with Crippen molar-refractivity contribution in [3.05, 3.63) is 29.3 Å². The van der Waals surface area contributed by atoms with E-state index >= 15 is 0 Å². The molecule has 0 fully saturated rings. The molecule has 0 amide bonds. The third-order valence-corrected chi connectivity index (χ3v) is 2.35. The number of ether oxygens (including phenoxy) is 1. The zero-order valence-electron chi connectivity index (χ0n) is 9.00. The molecule has 0 heterocycles. The van der Waals surface area contributed by atoms with Gasteiger partial charge in [-0.1, -0.05) is 6.07 Å². The standard InChI is InChI=1S/C11H16O5/c1-16-10-3-2-7(5-12)4-8(10)11(15)9(14)6-13/h2-4,9,11-15H,5-6H2,1H3. The van der Waals surface area contributed by atoms with E-state index in [-0.39, 0.29) is 6.61 Å². The highest BCUT2D eigenvalue weighted by atomic mass is 16.5. The van der Waals surface area contributed by atoms with E-state index in [1.807, 2.05) is 0 Å². The Morgan fingerprint density at radius 1 is 1.25 bits per heavy atom. The number of aliphatic hydroxyl groups excluding tert-OH is 4. The predicted molar refractivity (Wildman–Crippen MR) is 57.0 cm³/mol. The van der Waals surface area contributed by atoms with Gasteiger partial charge in [0.15, 0.2) is 0 Å². The number of hydrogen-bond donors (Lipinski definition) is 4. The van der Waals surface area contributed by atoms with E-state index < -0.39 is 18.8 Å². The largest absolute Gasteiger partial charge is 0.496 e. The highest BCUT2D eigenvalue weighted by Gasteiger charge is 2.21. The molecule has 0 aliphatic carbocycles. The summed E-state index contributed by atoms with van der Waals surface area (Å²) in [6.45, 7) is -0.716. The molecule has 4 N–H and O–H groups in total. The van der Waals surface area contributed by atoms with Crippen molar-refractivity contribution in [2.75, 3.05) is 13.7 Å². The molecule has 1 rings (SSSR count). The summed E-state index contributed by atoms with van der Waals surface area (Å²) in [5.74, 6) is 0.400. The van der Waals surface area contributed by atoms with Gasteiger partial charge in [-0.2, -0.15) is 0 Å². The molecule has 1 aromatic carbocycles. The maximum absolute atomic E-state index is 9.75. The molecule has 0 radical (unpaired) electrons. The summed E-state index contributed by atoms with van der Waals surface area (Å²) in [5, 5.41) is 36.8. The second-order valence-electron chi connectivity index (χ2n) is 3.43. The highest BCUT2D eigenvalue weighted by Crippen LogP contribution is 2.28. The van der Waals surface area contributed by atoms with Crippen molar-refractivity contribution in [3.8, 4) is 5.75 Å². The molecule has 1 aromatic rings. The smallest absolute Gasteiger partial charge is 0.124 e. The average Bonchev–Trinajstić information content (AvgIpc) is 2.35. The quantitative estimate of drug-likeness (QED) is 0.549. The zero-order chi connectivity index (χ0) is 12.1. The van der Waals surface area contributed by atoms with Gasteiger partial charge < -0.3 is 25.2 Å². The lowest BCUT2D eigenvalue weighted by molar-refractivity contribution is -0.0162. The van der Waals surface area contributed by atoms with Crippen molar-refractivity contribution < 1.29 is 25.2 Å². The van der Waals surface area contributed by atoms with Crippen LogP contribution in [0.4, 0.5) is 0 Å². The third kappa shape index (κ3) is 2.70. The molecule has 16 heavy (non-hydrogen) atoms. The van der Waals surface area contributed by atoms with Crippen molar-refractivity contribution >= 4 is 0 Å². The van der Waals surface area contributed by atoms with E-state index in [1.54, 1.807) is 12.1 Å². The first-order valence-corrected chi connectivity index (χ1v) is 4.88. The molecule has 0 saturated carbocycles. The summed E-state index contributed by atoms with van der Waals surface area (Å²) >= 11 is 0. The zero-order valence-corrected chi connectivity index (χ0v) is 9.00. The van der Waals surface area contributed by atoms with Crippen LogP contribution in [0.1, 0.15) is 17.2 Å². The topological polar surface area (TPSA) is 90.2 Å². The summed E-state index contributed by atoms with van der Waals surface area (Å²) in [4.78, 5) is 0. The minimum atomic E-state index is -1.28. The van der Waals surface area contributed by atoms with Gasteiger partial charge >= 0.3 is 0 Å². The Hall–Kier alpha value is -1.14. The molecule has 2 atom stereocenters. The highest BCUT2D eigenvalue weighted by molar-refractivity contribution is 5.39. The lowest BCUT2D eigenvalue weighted by Crippen LogP contribution is -2.22. The first-order valence-electron chi connectivity index (χ1n) is 4.88. The van der Waals surface area contributed by atoms with E-state index in [9.17, 15) is 10.2 Å². The Morgan fingerprint density at radius 2 is 1.94 bits per heavy atom. The van der Waals surface area contributed by atoms with E-state index in [0.29, 0.717) is 16.9 Å². The molecule has 0 aliphatic heterocycles. The first kappa shape index (κ1) is 12.9. The van der Waals surface area contributed by atoms with E-state index in [1.165, 1.54) is 13.2 Å². The number of methoxy groups -OCH3 is 1. The van der Waals surface area contributed by atoms with Crippen LogP contribution in [0.3, 0.4) is 0 Å². The lowest BCUT2D eigenvalue weighted by atomic mass is 10.0. The molecule has 0 saturated heterocycles. The van der Waals surface area contributed by atoms with Crippen LogP contribution in [0.25, 0.3) is 0 Å².